The molecule has 0 radical (unpaired) electrons. The van der Waals surface area contributed by atoms with Crippen LogP contribution in [0, 0.1) is 17.3 Å². The summed E-state index contributed by atoms with van der Waals surface area (Å²) in [4.78, 5) is 34.9. The number of aliphatic hydroxyl groups is 1. The van der Waals surface area contributed by atoms with Crippen molar-refractivity contribution < 1.29 is 14.7 Å². The highest BCUT2D eigenvalue weighted by atomic mass is 16.3. The Morgan fingerprint density at radius 2 is 2.03 bits per heavy atom. The predicted octanol–water partition coefficient (Wildman–Crippen LogP) is 1.70. The smallest absolute Gasteiger partial charge is 0.267 e. The summed E-state index contributed by atoms with van der Waals surface area (Å²) in [6.45, 7) is 4.80. The van der Waals surface area contributed by atoms with Crippen LogP contribution < -0.4 is 5.73 Å². The lowest BCUT2D eigenvalue weighted by atomic mass is 9.75. The van der Waals surface area contributed by atoms with E-state index in [2.05, 4.69) is 30.7 Å². The van der Waals surface area contributed by atoms with Crippen molar-refractivity contribution in [3.63, 3.8) is 0 Å². The van der Waals surface area contributed by atoms with Crippen LogP contribution in [0.3, 0.4) is 0 Å². The largest absolute Gasteiger partial charge is 0.369 e. The lowest BCUT2D eigenvalue weighted by Gasteiger charge is -2.31. The third-order valence-corrected chi connectivity index (χ3v) is 6.06. The Hall–Kier alpha value is -3.24. The van der Waals surface area contributed by atoms with Gasteiger partial charge in [0.2, 0.25) is 5.60 Å². The van der Waals surface area contributed by atoms with Gasteiger partial charge in [-0.25, -0.2) is 9.97 Å². The first kappa shape index (κ1) is 21.0. The fourth-order valence-corrected chi connectivity index (χ4v) is 4.16. The van der Waals surface area contributed by atoms with E-state index in [1.807, 2.05) is 12.1 Å². The van der Waals surface area contributed by atoms with E-state index in [0.29, 0.717) is 29.9 Å². The summed E-state index contributed by atoms with van der Waals surface area (Å²) in [5.41, 5.74) is 7.37. The Labute approximate surface area is 181 Å². The predicted molar refractivity (Wildman–Crippen MR) is 116 cm³/mol. The second-order valence-corrected chi connectivity index (χ2v) is 9.19. The molecule has 1 aliphatic carbocycles. The molecule has 2 amide bonds. The molecule has 0 bridgehead atoms. The third kappa shape index (κ3) is 4.04. The molecule has 31 heavy (non-hydrogen) atoms. The van der Waals surface area contributed by atoms with Crippen molar-refractivity contribution in [2.75, 3.05) is 13.6 Å². The standard InChI is InChI=1S/C24H26N4O3/c1-23(2)9-8-18-17(14-23)19(20(25)29)27-21(26-18)16-6-4-5-15(13-16)7-10-24(31)11-12-28(3)22(24)30/h4-6,13,31H,8-9,11-12,14H2,1-3H3,(H2,25,29)/t24-/m0/s1. The lowest BCUT2D eigenvalue weighted by Crippen LogP contribution is -2.37. The molecule has 1 fully saturated rings. The van der Waals surface area contributed by atoms with Crippen LogP contribution in [0.2, 0.25) is 0 Å². The van der Waals surface area contributed by atoms with Crippen LogP contribution in [-0.2, 0) is 17.6 Å². The van der Waals surface area contributed by atoms with Crippen molar-refractivity contribution in [1.29, 1.82) is 0 Å². The monoisotopic (exact) mass is 418 g/mol. The summed E-state index contributed by atoms with van der Waals surface area (Å²) in [6, 6.07) is 7.23. The maximum atomic E-state index is 12.1. The Kier molecular flexibility index (Phi) is 5.06. The van der Waals surface area contributed by atoms with Gasteiger partial charge in [0.1, 0.15) is 5.69 Å². The molecule has 1 saturated heterocycles. The van der Waals surface area contributed by atoms with E-state index in [0.717, 1.165) is 24.1 Å². The van der Waals surface area contributed by atoms with Crippen molar-refractivity contribution >= 4 is 11.8 Å². The Morgan fingerprint density at radius 1 is 1.26 bits per heavy atom. The quantitative estimate of drug-likeness (QED) is 0.722. The van der Waals surface area contributed by atoms with Crippen LogP contribution in [0.1, 0.15) is 54.0 Å². The van der Waals surface area contributed by atoms with Gasteiger partial charge in [-0.3, -0.25) is 9.59 Å². The van der Waals surface area contributed by atoms with Crippen molar-refractivity contribution in [3.05, 3.63) is 46.8 Å². The number of aromatic nitrogens is 2. The van der Waals surface area contributed by atoms with Gasteiger partial charge in [0.15, 0.2) is 5.82 Å². The van der Waals surface area contributed by atoms with Gasteiger partial charge in [0, 0.05) is 42.4 Å². The molecule has 0 unspecified atom stereocenters. The third-order valence-electron chi connectivity index (χ3n) is 6.06. The molecule has 4 rings (SSSR count). The zero-order chi connectivity index (χ0) is 22.4. The van der Waals surface area contributed by atoms with E-state index >= 15 is 0 Å². The van der Waals surface area contributed by atoms with Gasteiger partial charge < -0.3 is 15.7 Å². The summed E-state index contributed by atoms with van der Waals surface area (Å²) in [5, 5.41) is 10.5. The molecule has 7 heteroatoms. The second kappa shape index (κ2) is 7.47. The number of primary amides is 1. The maximum absolute atomic E-state index is 12.1. The molecule has 2 heterocycles. The zero-order valence-corrected chi connectivity index (χ0v) is 18.0. The first-order valence-corrected chi connectivity index (χ1v) is 10.4. The van der Waals surface area contributed by atoms with Gasteiger partial charge in [0.25, 0.3) is 11.8 Å². The van der Waals surface area contributed by atoms with Crippen molar-refractivity contribution in [2.45, 2.75) is 45.1 Å². The number of likely N-dealkylation sites (N-methyl/N-ethyl adjacent to an activating group) is 1. The van der Waals surface area contributed by atoms with E-state index in [1.54, 1.807) is 19.2 Å². The van der Waals surface area contributed by atoms with Gasteiger partial charge in [0.05, 0.1) is 0 Å². The highest BCUT2D eigenvalue weighted by Gasteiger charge is 2.42. The number of hydrogen-bond acceptors (Lipinski definition) is 5. The van der Waals surface area contributed by atoms with Gasteiger partial charge in [-0.15, -0.1) is 0 Å². The number of nitrogens with zero attached hydrogens (tertiary/aromatic N) is 3. The minimum Gasteiger partial charge on any atom is -0.369 e. The normalized spacial score (nSPS) is 21.9. The van der Waals surface area contributed by atoms with Gasteiger partial charge in [-0.05, 0) is 36.8 Å². The molecule has 7 nitrogen and oxygen atoms in total. The number of fused-ring (bicyclic) bond motifs is 1. The van der Waals surface area contributed by atoms with Gasteiger partial charge in [-0.1, -0.05) is 37.8 Å². The van der Waals surface area contributed by atoms with Crippen LogP contribution >= 0.6 is 0 Å². The Balaban J connectivity index is 1.71. The number of rotatable bonds is 2. The molecule has 160 valence electrons. The maximum Gasteiger partial charge on any atom is 0.267 e. The first-order valence-electron chi connectivity index (χ1n) is 10.4. The van der Waals surface area contributed by atoms with Crippen LogP contribution in [0.15, 0.2) is 24.3 Å². The van der Waals surface area contributed by atoms with Gasteiger partial charge >= 0.3 is 0 Å². The first-order chi connectivity index (χ1) is 14.6. The van der Waals surface area contributed by atoms with E-state index < -0.39 is 11.5 Å². The molecule has 1 aromatic heterocycles. The van der Waals surface area contributed by atoms with E-state index in [-0.39, 0.29) is 23.4 Å². The molecule has 0 saturated carbocycles. The van der Waals surface area contributed by atoms with Crippen LogP contribution in [0.4, 0.5) is 0 Å². The highest BCUT2D eigenvalue weighted by molar-refractivity contribution is 5.93. The fraction of sp³-hybridized carbons (Fsp3) is 0.417. The molecule has 3 N–H and O–H groups in total. The highest BCUT2D eigenvalue weighted by Crippen LogP contribution is 2.36. The Bertz CT molecular complexity index is 1150. The minimum absolute atomic E-state index is 0.0730. The number of carbonyl (C=O) groups is 2. The fourth-order valence-electron chi connectivity index (χ4n) is 4.16. The van der Waals surface area contributed by atoms with E-state index in [4.69, 9.17) is 10.7 Å². The van der Waals surface area contributed by atoms with E-state index in [9.17, 15) is 14.7 Å². The Morgan fingerprint density at radius 3 is 2.71 bits per heavy atom. The van der Waals surface area contributed by atoms with Crippen LogP contribution in [0.25, 0.3) is 11.4 Å². The molecule has 0 spiro atoms. The number of nitrogens with two attached hydrogens (primary N) is 1. The zero-order valence-electron chi connectivity index (χ0n) is 18.0. The number of likely N-dealkylation sites (tertiary alicyclic amines) is 1. The summed E-state index contributed by atoms with van der Waals surface area (Å²) < 4.78 is 0. The number of hydrogen-bond donors (Lipinski definition) is 2. The minimum atomic E-state index is -1.65. The summed E-state index contributed by atoms with van der Waals surface area (Å²) in [6.07, 6.45) is 2.73. The molecule has 2 aliphatic rings. The number of aryl methyl sites for hydroxylation is 1. The average Bonchev–Trinajstić information content (AvgIpc) is 2.99. The molecule has 1 aliphatic heterocycles. The second-order valence-electron chi connectivity index (χ2n) is 9.19. The van der Waals surface area contributed by atoms with Crippen molar-refractivity contribution in [3.8, 4) is 23.2 Å². The molecule has 1 aromatic carbocycles. The number of amides is 2. The molecular formula is C24H26N4O3. The lowest BCUT2D eigenvalue weighted by molar-refractivity contribution is -0.137. The molecule has 2 aromatic rings. The van der Waals surface area contributed by atoms with Crippen LogP contribution in [-0.4, -0.2) is 51.0 Å². The summed E-state index contributed by atoms with van der Waals surface area (Å²) in [7, 11) is 1.65. The molecular weight excluding hydrogens is 392 g/mol. The van der Waals surface area contributed by atoms with Crippen molar-refractivity contribution in [1.82, 2.24) is 14.9 Å². The summed E-state index contributed by atoms with van der Waals surface area (Å²) >= 11 is 0. The molecule has 1 atom stereocenters. The van der Waals surface area contributed by atoms with Crippen LogP contribution in [0.5, 0.6) is 0 Å². The topological polar surface area (TPSA) is 109 Å². The van der Waals surface area contributed by atoms with Crippen molar-refractivity contribution in [2.24, 2.45) is 11.1 Å². The summed E-state index contributed by atoms with van der Waals surface area (Å²) in [5.74, 6) is 5.11. The average molecular weight is 418 g/mol. The number of benzene rings is 1. The van der Waals surface area contributed by atoms with Gasteiger partial charge in [-0.2, -0.15) is 0 Å². The number of carbonyl (C=O) groups excluding carboxylic acids is 2. The SMILES string of the molecule is CN1CC[C@@](O)(C#Cc2cccc(-c3nc4c(c(C(N)=O)n3)CC(C)(C)CC4)c2)C1=O. The van der Waals surface area contributed by atoms with E-state index in [1.165, 1.54) is 4.90 Å².